The van der Waals surface area contributed by atoms with Crippen molar-refractivity contribution in [2.24, 2.45) is 11.3 Å². The summed E-state index contributed by atoms with van der Waals surface area (Å²) in [6, 6.07) is 10.00. The van der Waals surface area contributed by atoms with Crippen LogP contribution in [-0.2, 0) is 9.59 Å². The Morgan fingerprint density at radius 2 is 2.00 bits per heavy atom. The molecule has 2 fully saturated rings. The summed E-state index contributed by atoms with van der Waals surface area (Å²) in [5.41, 5.74) is 1.12. The second-order valence-electron chi connectivity index (χ2n) is 8.82. The Bertz CT molecular complexity index is 1080. The van der Waals surface area contributed by atoms with Gasteiger partial charge in [-0.15, -0.1) is 0 Å². The van der Waals surface area contributed by atoms with Crippen LogP contribution in [0.1, 0.15) is 44.7 Å². The molecule has 2 saturated heterocycles. The first-order valence-electron chi connectivity index (χ1n) is 10.3. The van der Waals surface area contributed by atoms with Crippen molar-refractivity contribution in [1.82, 2.24) is 14.2 Å². The smallest absolute Gasteiger partial charge is 0.257 e. The van der Waals surface area contributed by atoms with E-state index in [0.29, 0.717) is 19.3 Å². The number of fused-ring (bicyclic) bond motifs is 4. The molecule has 0 radical (unpaired) electrons. The monoisotopic (exact) mass is 474 g/mol. The van der Waals surface area contributed by atoms with E-state index in [1.165, 1.54) is 10.8 Å². The van der Waals surface area contributed by atoms with Gasteiger partial charge in [-0.3, -0.25) is 13.6 Å². The summed E-state index contributed by atoms with van der Waals surface area (Å²) in [5.74, 6) is 0.220. The number of hydrogen-bond acceptors (Lipinski definition) is 6. The lowest BCUT2D eigenvalue weighted by atomic mass is 9.74. The first-order valence-corrected chi connectivity index (χ1v) is 13.0. The number of benzene rings is 1. The number of rotatable bonds is 1. The van der Waals surface area contributed by atoms with Crippen LogP contribution >= 0.6 is 34.4 Å². The van der Waals surface area contributed by atoms with E-state index in [2.05, 4.69) is 24.2 Å². The average Bonchev–Trinajstić information content (AvgIpc) is 3.09. The number of aromatic nitrogens is 1. The number of carbonyl (C=O) groups is 2. The van der Waals surface area contributed by atoms with Gasteiger partial charge in [0.1, 0.15) is 0 Å². The first-order chi connectivity index (χ1) is 14.7. The number of hydrogen-bond donors (Lipinski definition) is 2. The predicted octanol–water partition coefficient (Wildman–Crippen LogP) is 4.39. The Morgan fingerprint density at radius 3 is 2.74 bits per heavy atom. The van der Waals surface area contributed by atoms with E-state index in [0.717, 1.165) is 22.2 Å². The Hall–Kier alpha value is -1.76. The maximum Gasteiger partial charge on any atom is 0.257 e. The van der Waals surface area contributed by atoms with Crippen molar-refractivity contribution in [3.63, 3.8) is 0 Å². The fraction of sp³-hybridized carbons (Fsp3) is 0.500. The van der Waals surface area contributed by atoms with Crippen molar-refractivity contribution in [3.05, 3.63) is 36.0 Å². The van der Waals surface area contributed by atoms with Crippen LogP contribution < -0.4 is 5.32 Å². The van der Waals surface area contributed by atoms with E-state index >= 15 is 0 Å². The zero-order chi connectivity index (χ0) is 22.4. The van der Waals surface area contributed by atoms with Gasteiger partial charge in [0.25, 0.3) is 5.91 Å². The molecule has 4 rings (SSSR count). The number of nitrogens with zero attached hydrogens (tertiary/aromatic N) is 3. The van der Waals surface area contributed by atoms with Gasteiger partial charge in [-0.05, 0) is 39.2 Å². The third kappa shape index (κ3) is 3.94. The van der Waals surface area contributed by atoms with Crippen molar-refractivity contribution in [2.45, 2.75) is 44.0 Å². The van der Waals surface area contributed by atoms with Gasteiger partial charge in [-0.25, -0.2) is 0 Å². The lowest BCUT2D eigenvalue weighted by Crippen LogP contribution is -2.58. The SMILES string of the molecule is CN1C(=O)C2CCSSC1(C)C(=O)NC(c1cn(S)c3ccccc13)C[C@@](C)(C#N)C2. The minimum absolute atomic E-state index is 0.0580. The van der Waals surface area contributed by atoms with Gasteiger partial charge in [0.2, 0.25) is 5.91 Å². The minimum Gasteiger partial charge on any atom is -0.346 e. The van der Waals surface area contributed by atoms with E-state index in [9.17, 15) is 14.9 Å². The lowest BCUT2D eigenvalue weighted by molar-refractivity contribution is -0.145. The molecule has 2 aliphatic heterocycles. The summed E-state index contributed by atoms with van der Waals surface area (Å²) < 4.78 is 1.75. The highest BCUT2D eigenvalue weighted by Gasteiger charge is 2.48. The predicted molar refractivity (Wildman–Crippen MR) is 129 cm³/mol. The number of nitriles is 1. The van der Waals surface area contributed by atoms with Gasteiger partial charge in [0, 0.05) is 35.9 Å². The summed E-state index contributed by atoms with van der Waals surface area (Å²) in [5, 5.41) is 14.3. The van der Waals surface area contributed by atoms with E-state index < -0.39 is 10.3 Å². The highest BCUT2D eigenvalue weighted by Crippen LogP contribution is 2.47. The topological polar surface area (TPSA) is 78.1 Å². The molecule has 0 spiro atoms. The Labute approximate surface area is 196 Å². The van der Waals surface area contributed by atoms with Crippen molar-refractivity contribution in [1.29, 1.82) is 5.26 Å². The summed E-state index contributed by atoms with van der Waals surface area (Å²) in [4.78, 5) is 27.4. The lowest BCUT2D eigenvalue weighted by Gasteiger charge is -2.43. The Balaban J connectivity index is 1.85. The van der Waals surface area contributed by atoms with Gasteiger partial charge in [-0.1, -0.05) is 52.6 Å². The zero-order valence-electron chi connectivity index (χ0n) is 17.8. The molecule has 9 heteroatoms. The highest BCUT2D eigenvalue weighted by molar-refractivity contribution is 8.77. The highest BCUT2D eigenvalue weighted by atomic mass is 33.1. The number of amides is 2. The summed E-state index contributed by atoms with van der Waals surface area (Å²) in [7, 11) is 4.75. The maximum absolute atomic E-state index is 13.6. The fourth-order valence-electron chi connectivity index (χ4n) is 4.56. The molecule has 1 aromatic heterocycles. The van der Waals surface area contributed by atoms with Gasteiger partial charge in [0.15, 0.2) is 4.87 Å². The number of thiol groups is 1. The summed E-state index contributed by atoms with van der Waals surface area (Å²) in [6.45, 7) is 3.71. The van der Waals surface area contributed by atoms with Crippen LogP contribution in [0.5, 0.6) is 0 Å². The van der Waals surface area contributed by atoms with Gasteiger partial charge in [0.05, 0.1) is 23.0 Å². The van der Waals surface area contributed by atoms with Crippen molar-refractivity contribution in [2.75, 3.05) is 12.8 Å². The molecule has 4 atom stereocenters. The summed E-state index contributed by atoms with van der Waals surface area (Å²) >= 11 is 4.56. The van der Waals surface area contributed by atoms with Crippen LogP contribution in [0.3, 0.4) is 0 Å². The Morgan fingerprint density at radius 1 is 1.26 bits per heavy atom. The average molecular weight is 475 g/mol. The van der Waals surface area contributed by atoms with Gasteiger partial charge >= 0.3 is 0 Å². The van der Waals surface area contributed by atoms with Crippen LogP contribution in [-0.4, -0.2) is 38.4 Å². The van der Waals surface area contributed by atoms with E-state index in [-0.39, 0.29) is 23.8 Å². The van der Waals surface area contributed by atoms with Crippen molar-refractivity contribution >= 4 is 57.1 Å². The third-order valence-electron chi connectivity index (χ3n) is 6.54. The van der Waals surface area contributed by atoms with Crippen LogP contribution in [0.4, 0.5) is 0 Å². The summed E-state index contributed by atoms with van der Waals surface area (Å²) in [6.07, 6.45) is 3.52. The first kappa shape index (κ1) is 22.4. The number of likely N-dealkylation sites (N-methyl/N-ethyl adjacent to an activating group) is 1. The quantitative estimate of drug-likeness (QED) is 0.473. The minimum atomic E-state index is -1.03. The largest absolute Gasteiger partial charge is 0.346 e. The maximum atomic E-state index is 13.6. The third-order valence-corrected chi connectivity index (χ3v) is 10.00. The molecular formula is C22H26N4O2S3. The molecule has 2 aliphatic rings. The number of nitrogens with one attached hydrogen (secondary N) is 1. The van der Waals surface area contributed by atoms with Gasteiger partial charge in [-0.2, -0.15) is 5.26 Å². The normalized spacial score (nSPS) is 32.3. The van der Waals surface area contributed by atoms with Crippen LogP contribution in [0.2, 0.25) is 0 Å². The molecule has 164 valence electrons. The van der Waals surface area contributed by atoms with Crippen molar-refractivity contribution in [3.8, 4) is 6.07 Å². The van der Waals surface area contributed by atoms with Gasteiger partial charge < -0.3 is 10.2 Å². The number of carbonyl (C=O) groups excluding carboxylic acids is 2. The molecule has 3 unspecified atom stereocenters. The molecular weight excluding hydrogens is 448 g/mol. The molecule has 1 N–H and O–H groups in total. The van der Waals surface area contributed by atoms with Crippen LogP contribution in [0.25, 0.3) is 10.9 Å². The molecule has 2 aromatic rings. The van der Waals surface area contributed by atoms with E-state index in [1.54, 1.807) is 26.7 Å². The zero-order valence-corrected chi connectivity index (χ0v) is 20.3. The molecule has 0 aliphatic carbocycles. The second-order valence-corrected chi connectivity index (χ2v) is 12.1. The number of para-hydroxylation sites is 1. The molecule has 3 heterocycles. The van der Waals surface area contributed by atoms with Crippen LogP contribution in [0, 0.1) is 22.7 Å². The molecule has 2 bridgehead atoms. The molecule has 31 heavy (non-hydrogen) atoms. The molecule has 0 saturated carbocycles. The van der Waals surface area contributed by atoms with E-state index in [4.69, 9.17) is 0 Å². The molecule has 6 nitrogen and oxygen atoms in total. The standard InChI is InChI=1S/C22H26N4O2S3/c1-21(13-23)10-14-8-9-30-31-22(2,25(3)19(14)27)20(28)24-17(11-21)16-12-26(29)18-7-5-4-6-15(16)18/h4-7,12,14,17,29H,8-11H2,1-3H3,(H,24,28)/t14?,17?,21-,22?/m0/s1. The molecule has 2 amide bonds. The van der Waals surface area contributed by atoms with E-state index in [1.807, 2.05) is 44.3 Å². The van der Waals surface area contributed by atoms with Crippen LogP contribution in [0.15, 0.2) is 30.5 Å². The van der Waals surface area contributed by atoms with Crippen molar-refractivity contribution < 1.29 is 9.59 Å². The second kappa shape index (κ2) is 8.30. The fourth-order valence-corrected chi connectivity index (χ4v) is 7.67. The Kier molecular flexibility index (Phi) is 6.01. The molecule has 1 aromatic carbocycles.